The Morgan fingerprint density at radius 3 is 2.35 bits per heavy atom. The zero-order chi connectivity index (χ0) is 22.2. The molecule has 6 heteroatoms. The van der Waals surface area contributed by atoms with Gasteiger partial charge in [0.1, 0.15) is 5.75 Å². The molecule has 1 aromatic heterocycles. The Labute approximate surface area is 187 Å². The van der Waals surface area contributed by atoms with Crippen LogP contribution in [0.3, 0.4) is 0 Å². The van der Waals surface area contributed by atoms with Crippen molar-refractivity contribution in [2.24, 2.45) is 0 Å². The minimum atomic E-state index is -0.262. The third-order valence-corrected chi connectivity index (χ3v) is 4.71. The molecular formula is C25H38N2O4. The highest BCUT2D eigenvalue weighted by Crippen LogP contribution is 2.29. The molecule has 6 nitrogen and oxygen atoms in total. The molecular weight excluding hydrogens is 392 g/mol. The SMILES string of the molecule is CCCCCC(OCC)Oc1ccccc1-c1ncc(OCCCCOCCC)cn1. The van der Waals surface area contributed by atoms with Crippen molar-refractivity contribution in [1.29, 1.82) is 0 Å². The minimum absolute atomic E-state index is 0.262. The van der Waals surface area contributed by atoms with Crippen molar-refractivity contribution in [3.8, 4) is 22.9 Å². The zero-order valence-corrected chi connectivity index (χ0v) is 19.3. The lowest BCUT2D eigenvalue weighted by atomic mass is 10.1. The standard InChI is InChI=1S/C25H38N2O4/c1-4-7-8-15-24(29-6-3)31-23-14-10-9-13-22(23)25-26-19-21(20-27-25)30-18-12-11-17-28-16-5-2/h9-10,13-14,19-20,24H,4-8,11-12,15-18H2,1-3H3. The number of para-hydroxylation sites is 1. The van der Waals surface area contributed by atoms with Crippen LogP contribution in [0.5, 0.6) is 11.5 Å². The maximum atomic E-state index is 6.19. The Kier molecular flexibility index (Phi) is 12.6. The largest absolute Gasteiger partial charge is 0.490 e. The first-order valence-corrected chi connectivity index (χ1v) is 11.7. The van der Waals surface area contributed by atoms with Gasteiger partial charge in [-0.3, -0.25) is 0 Å². The Bertz CT molecular complexity index is 709. The van der Waals surface area contributed by atoms with E-state index in [0.29, 0.717) is 24.8 Å². The molecule has 0 fully saturated rings. The number of rotatable bonds is 17. The number of nitrogens with zero attached hydrogens (tertiary/aromatic N) is 2. The Morgan fingerprint density at radius 2 is 1.61 bits per heavy atom. The van der Waals surface area contributed by atoms with Gasteiger partial charge in [-0.1, -0.05) is 38.8 Å². The third kappa shape index (κ3) is 9.66. The molecule has 31 heavy (non-hydrogen) atoms. The van der Waals surface area contributed by atoms with Gasteiger partial charge in [0.2, 0.25) is 0 Å². The van der Waals surface area contributed by atoms with Gasteiger partial charge in [-0.2, -0.15) is 0 Å². The summed E-state index contributed by atoms with van der Waals surface area (Å²) in [6.45, 7) is 9.15. The molecule has 2 rings (SSSR count). The number of benzene rings is 1. The molecule has 0 bridgehead atoms. The highest BCUT2D eigenvalue weighted by atomic mass is 16.7. The number of hydrogen-bond donors (Lipinski definition) is 0. The van der Waals surface area contributed by atoms with Gasteiger partial charge in [-0.25, -0.2) is 9.97 Å². The summed E-state index contributed by atoms with van der Waals surface area (Å²) in [7, 11) is 0. The molecule has 2 aromatic rings. The molecule has 0 saturated heterocycles. The van der Waals surface area contributed by atoms with Crippen molar-refractivity contribution in [2.45, 2.75) is 72.0 Å². The summed E-state index contributed by atoms with van der Waals surface area (Å²) in [6.07, 6.45) is 10.4. The molecule has 0 aliphatic rings. The van der Waals surface area contributed by atoms with Crippen molar-refractivity contribution in [3.63, 3.8) is 0 Å². The lowest BCUT2D eigenvalue weighted by Crippen LogP contribution is -2.21. The molecule has 0 spiro atoms. The normalized spacial score (nSPS) is 12.0. The van der Waals surface area contributed by atoms with Crippen LogP contribution in [0.25, 0.3) is 11.4 Å². The highest BCUT2D eigenvalue weighted by molar-refractivity contribution is 5.63. The average molecular weight is 431 g/mol. The lowest BCUT2D eigenvalue weighted by Gasteiger charge is -2.20. The second-order valence-electron chi connectivity index (χ2n) is 7.41. The van der Waals surface area contributed by atoms with E-state index < -0.39 is 0 Å². The van der Waals surface area contributed by atoms with Crippen molar-refractivity contribution in [2.75, 3.05) is 26.4 Å². The van der Waals surface area contributed by atoms with Gasteiger partial charge in [-0.15, -0.1) is 0 Å². The molecule has 0 aliphatic heterocycles. The molecule has 1 atom stereocenters. The van der Waals surface area contributed by atoms with Crippen molar-refractivity contribution < 1.29 is 18.9 Å². The fraction of sp³-hybridized carbons (Fsp3) is 0.600. The van der Waals surface area contributed by atoms with Crippen LogP contribution < -0.4 is 9.47 Å². The summed E-state index contributed by atoms with van der Waals surface area (Å²) in [5.41, 5.74) is 0.849. The van der Waals surface area contributed by atoms with Crippen molar-refractivity contribution in [3.05, 3.63) is 36.7 Å². The molecule has 1 aromatic carbocycles. The van der Waals surface area contributed by atoms with E-state index in [-0.39, 0.29) is 6.29 Å². The topological polar surface area (TPSA) is 62.7 Å². The quantitative estimate of drug-likeness (QED) is 0.225. The van der Waals surface area contributed by atoms with Gasteiger partial charge in [0, 0.05) is 26.2 Å². The van der Waals surface area contributed by atoms with Crippen LogP contribution in [0, 0.1) is 0 Å². The maximum Gasteiger partial charge on any atom is 0.199 e. The highest BCUT2D eigenvalue weighted by Gasteiger charge is 2.15. The molecule has 0 N–H and O–H groups in total. The smallest absolute Gasteiger partial charge is 0.199 e. The Hall–Kier alpha value is -2.18. The molecule has 0 aliphatic carbocycles. The van der Waals surface area contributed by atoms with E-state index in [0.717, 1.165) is 56.6 Å². The summed E-state index contributed by atoms with van der Waals surface area (Å²) in [4.78, 5) is 8.99. The maximum absolute atomic E-state index is 6.19. The van der Waals surface area contributed by atoms with E-state index in [1.165, 1.54) is 12.8 Å². The van der Waals surface area contributed by atoms with E-state index in [1.807, 2.05) is 31.2 Å². The fourth-order valence-corrected chi connectivity index (χ4v) is 3.09. The second-order valence-corrected chi connectivity index (χ2v) is 7.41. The predicted octanol–water partition coefficient (Wildman–Crippen LogP) is 6.05. The van der Waals surface area contributed by atoms with Gasteiger partial charge < -0.3 is 18.9 Å². The number of hydrogen-bond acceptors (Lipinski definition) is 6. The van der Waals surface area contributed by atoms with Gasteiger partial charge in [0.25, 0.3) is 0 Å². The van der Waals surface area contributed by atoms with E-state index in [9.17, 15) is 0 Å². The monoisotopic (exact) mass is 430 g/mol. The predicted molar refractivity (Wildman–Crippen MR) is 123 cm³/mol. The molecule has 1 heterocycles. The number of ether oxygens (including phenoxy) is 4. The van der Waals surface area contributed by atoms with E-state index in [4.69, 9.17) is 18.9 Å². The van der Waals surface area contributed by atoms with Crippen molar-refractivity contribution in [1.82, 2.24) is 9.97 Å². The van der Waals surface area contributed by atoms with Crippen molar-refractivity contribution >= 4 is 0 Å². The summed E-state index contributed by atoms with van der Waals surface area (Å²) in [5.74, 6) is 2.02. The van der Waals surface area contributed by atoms with Crippen LogP contribution in [-0.2, 0) is 9.47 Å². The zero-order valence-electron chi connectivity index (χ0n) is 19.3. The molecule has 0 amide bonds. The molecule has 0 saturated carbocycles. The number of aromatic nitrogens is 2. The Balaban J connectivity index is 1.92. The average Bonchev–Trinajstić information content (AvgIpc) is 2.80. The van der Waals surface area contributed by atoms with Gasteiger partial charge >= 0.3 is 0 Å². The van der Waals surface area contributed by atoms with Crippen LogP contribution in [-0.4, -0.2) is 42.7 Å². The first-order chi connectivity index (χ1) is 15.3. The number of unbranched alkanes of at least 4 members (excludes halogenated alkanes) is 3. The van der Waals surface area contributed by atoms with Gasteiger partial charge in [0.05, 0.1) is 24.6 Å². The van der Waals surface area contributed by atoms with Crippen LogP contribution in [0.15, 0.2) is 36.7 Å². The van der Waals surface area contributed by atoms with Crippen LogP contribution in [0.1, 0.15) is 65.7 Å². The Morgan fingerprint density at radius 1 is 0.839 bits per heavy atom. The summed E-state index contributed by atoms with van der Waals surface area (Å²) in [5, 5.41) is 0. The third-order valence-electron chi connectivity index (χ3n) is 4.71. The molecule has 172 valence electrons. The second kappa shape index (κ2) is 15.6. The summed E-state index contributed by atoms with van der Waals surface area (Å²) >= 11 is 0. The van der Waals surface area contributed by atoms with E-state index in [2.05, 4.69) is 23.8 Å². The van der Waals surface area contributed by atoms with E-state index in [1.54, 1.807) is 12.4 Å². The van der Waals surface area contributed by atoms with Crippen LogP contribution in [0.2, 0.25) is 0 Å². The van der Waals surface area contributed by atoms with Crippen LogP contribution >= 0.6 is 0 Å². The lowest BCUT2D eigenvalue weighted by molar-refractivity contribution is -0.0804. The van der Waals surface area contributed by atoms with Gasteiger partial charge in [-0.05, 0) is 44.7 Å². The van der Waals surface area contributed by atoms with Crippen LogP contribution in [0.4, 0.5) is 0 Å². The summed E-state index contributed by atoms with van der Waals surface area (Å²) < 4.78 is 23.2. The minimum Gasteiger partial charge on any atom is -0.490 e. The fourth-order valence-electron chi connectivity index (χ4n) is 3.09. The first kappa shape index (κ1) is 25.1. The first-order valence-electron chi connectivity index (χ1n) is 11.7. The molecule has 1 unspecified atom stereocenters. The van der Waals surface area contributed by atoms with Gasteiger partial charge in [0.15, 0.2) is 17.9 Å². The summed E-state index contributed by atoms with van der Waals surface area (Å²) in [6, 6.07) is 7.82. The molecule has 0 radical (unpaired) electrons. The van der Waals surface area contributed by atoms with E-state index >= 15 is 0 Å².